The number of hydrogen-bond donors (Lipinski definition) is 1. The molecule has 96 valence electrons. The van der Waals surface area contributed by atoms with Gasteiger partial charge in [-0.25, -0.2) is 0 Å². The fraction of sp³-hybridized carbons (Fsp3) is 0.923. The van der Waals surface area contributed by atoms with Gasteiger partial charge in [-0.3, -0.25) is 9.69 Å². The van der Waals surface area contributed by atoms with E-state index in [1.807, 2.05) is 0 Å². The molecule has 0 saturated carbocycles. The van der Waals surface area contributed by atoms with Crippen molar-refractivity contribution in [1.82, 2.24) is 10.2 Å². The van der Waals surface area contributed by atoms with E-state index in [1.54, 1.807) is 0 Å². The summed E-state index contributed by atoms with van der Waals surface area (Å²) in [5.74, 6) is 0.198. The number of rotatable bonds is 10. The van der Waals surface area contributed by atoms with Gasteiger partial charge < -0.3 is 5.32 Å². The van der Waals surface area contributed by atoms with Crippen molar-refractivity contribution >= 4 is 5.91 Å². The molecule has 1 amide bonds. The molecule has 0 saturated heterocycles. The van der Waals surface area contributed by atoms with Crippen molar-refractivity contribution < 1.29 is 4.79 Å². The lowest BCUT2D eigenvalue weighted by Gasteiger charge is -2.18. The molecule has 0 spiro atoms. The molecule has 0 aromatic carbocycles. The molecule has 0 fully saturated rings. The van der Waals surface area contributed by atoms with Crippen molar-refractivity contribution in [3.63, 3.8) is 0 Å². The average Bonchev–Trinajstić information content (AvgIpc) is 2.30. The quantitative estimate of drug-likeness (QED) is 0.460. The first kappa shape index (κ1) is 15.4. The third-order valence-electron chi connectivity index (χ3n) is 2.90. The van der Waals surface area contributed by atoms with E-state index >= 15 is 0 Å². The maximum Gasteiger partial charge on any atom is 0.220 e. The highest BCUT2D eigenvalue weighted by Gasteiger charge is 2.03. The second-order valence-electron chi connectivity index (χ2n) is 4.23. The van der Waals surface area contributed by atoms with Crippen molar-refractivity contribution in [1.29, 1.82) is 0 Å². The Kier molecular flexibility index (Phi) is 10.5. The van der Waals surface area contributed by atoms with Crippen molar-refractivity contribution in [2.45, 2.75) is 59.3 Å². The molecule has 0 aliphatic carbocycles. The Morgan fingerprint density at radius 2 is 1.62 bits per heavy atom. The maximum absolute atomic E-state index is 11.5. The predicted molar refractivity (Wildman–Crippen MR) is 69.3 cm³/mol. The van der Waals surface area contributed by atoms with Gasteiger partial charge in [-0.1, -0.05) is 46.5 Å². The van der Waals surface area contributed by atoms with E-state index in [4.69, 9.17) is 0 Å². The molecule has 0 unspecified atom stereocenters. The molecular formula is C13H28N2O. The standard InChI is InChI=1S/C13H28N2O/c1-4-7-8-9-10-11-13(16)14-12-15(5-2)6-3/h4-12H2,1-3H3,(H,14,16). The van der Waals surface area contributed by atoms with Crippen LogP contribution in [0.15, 0.2) is 0 Å². The zero-order valence-electron chi connectivity index (χ0n) is 11.2. The summed E-state index contributed by atoms with van der Waals surface area (Å²) < 4.78 is 0. The second kappa shape index (κ2) is 10.9. The molecule has 3 heteroatoms. The molecule has 0 aliphatic rings. The van der Waals surface area contributed by atoms with Crippen LogP contribution < -0.4 is 5.32 Å². The number of carbonyl (C=O) groups is 1. The molecule has 3 nitrogen and oxygen atoms in total. The topological polar surface area (TPSA) is 32.3 Å². The number of unbranched alkanes of at least 4 members (excludes halogenated alkanes) is 4. The number of hydrogen-bond acceptors (Lipinski definition) is 2. The first-order chi connectivity index (χ1) is 7.74. The van der Waals surface area contributed by atoms with Gasteiger partial charge in [-0.05, 0) is 19.5 Å². The van der Waals surface area contributed by atoms with Crippen LogP contribution in [0, 0.1) is 0 Å². The minimum atomic E-state index is 0.198. The smallest absolute Gasteiger partial charge is 0.220 e. The van der Waals surface area contributed by atoms with Crippen molar-refractivity contribution in [3.8, 4) is 0 Å². The van der Waals surface area contributed by atoms with Gasteiger partial charge in [-0.15, -0.1) is 0 Å². The number of carbonyl (C=O) groups excluding carboxylic acids is 1. The fourth-order valence-electron chi connectivity index (χ4n) is 1.62. The Bertz CT molecular complexity index is 167. The normalized spacial score (nSPS) is 10.8. The summed E-state index contributed by atoms with van der Waals surface area (Å²) in [6, 6.07) is 0. The predicted octanol–water partition coefficient (Wildman–Crippen LogP) is 2.76. The van der Waals surface area contributed by atoms with Gasteiger partial charge in [0.05, 0.1) is 6.67 Å². The molecule has 0 aromatic heterocycles. The number of amides is 1. The van der Waals surface area contributed by atoms with Crippen LogP contribution in [0.1, 0.15) is 59.3 Å². The summed E-state index contributed by atoms with van der Waals surface area (Å²) in [6.45, 7) is 9.11. The third-order valence-corrected chi connectivity index (χ3v) is 2.90. The Labute approximate surface area is 101 Å². The molecule has 0 radical (unpaired) electrons. The van der Waals surface area contributed by atoms with Crippen LogP contribution in [-0.4, -0.2) is 30.6 Å². The Morgan fingerprint density at radius 1 is 1.00 bits per heavy atom. The minimum Gasteiger partial charge on any atom is -0.343 e. The maximum atomic E-state index is 11.5. The highest BCUT2D eigenvalue weighted by atomic mass is 16.1. The van der Waals surface area contributed by atoms with Gasteiger partial charge in [0.15, 0.2) is 0 Å². The highest BCUT2D eigenvalue weighted by Crippen LogP contribution is 2.04. The van der Waals surface area contributed by atoms with E-state index < -0.39 is 0 Å². The zero-order chi connectivity index (χ0) is 12.2. The van der Waals surface area contributed by atoms with Crippen molar-refractivity contribution in [3.05, 3.63) is 0 Å². The lowest BCUT2D eigenvalue weighted by molar-refractivity contribution is -0.121. The Balaban J connectivity index is 3.37. The molecule has 0 heterocycles. The van der Waals surface area contributed by atoms with Crippen LogP contribution in [0.3, 0.4) is 0 Å². The molecule has 1 N–H and O–H groups in total. The number of nitrogens with one attached hydrogen (secondary N) is 1. The zero-order valence-corrected chi connectivity index (χ0v) is 11.2. The van der Waals surface area contributed by atoms with Crippen molar-refractivity contribution in [2.24, 2.45) is 0 Å². The average molecular weight is 228 g/mol. The summed E-state index contributed by atoms with van der Waals surface area (Å²) in [7, 11) is 0. The fourth-order valence-corrected chi connectivity index (χ4v) is 1.62. The van der Waals surface area contributed by atoms with Crippen LogP contribution in [0.25, 0.3) is 0 Å². The van der Waals surface area contributed by atoms with Crippen LogP contribution in [-0.2, 0) is 4.79 Å². The first-order valence-corrected chi connectivity index (χ1v) is 6.73. The molecule has 16 heavy (non-hydrogen) atoms. The molecular weight excluding hydrogens is 200 g/mol. The lowest BCUT2D eigenvalue weighted by Crippen LogP contribution is -2.37. The first-order valence-electron chi connectivity index (χ1n) is 6.73. The van der Waals surface area contributed by atoms with E-state index in [-0.39, 0.29) is 5.91 Å². The Hall–Kier alpha value is -0.570. The lowest BCUT2D eigenvalue weighted by atomic mass is 10.1. The van der Waals surface area contributed by atoms with Gasteiger partial charge in [-0.2, -0.15) is 0 Å². The van der Waals surface area contributed by atoms with Crippen LogP contribution in [0.5, 0.6) is 0 Å². The largest absolute Gasteiger partial charge is 0.343 e. The van der Waals surface area contributed by atoms with Gasteiger partial charge in [0.1, 0.15) is 0 Å². The summed E-state index contributed by atoms with van der Waals surface area (Å²) in [6.07, 6.45) is 6.72. The second-order valence-corrected chi connectivity index (χ2v) is 4.23. The molecule has 0 atom stereocenters. The Morgan fingerprint density at radius 3 is 2.19 bits per heavy atom. The van der Waals surface area contributed by atoms with Gasteiger partial charge >= 0.3 is 0 Å². The highest BCUT2D eigenvalue weighted by molar-refractivity contribution is 5.75. The number of nitrogens with zero attached hydrogens (tertiary/aromatic N) is 1. The van der Waals surface area contributed by atoms with E-state index in [9.17, 15) is 4.79 Å². The van der Waals surface area contributed by atoms with Crippen LogP contribution in [0.4, 0.5) is 0 Å². The molecule has 0 bridgehead atoms. The molecule has 0 aliphatic heterocycles. The van der Waals surface area contributed by atoms with Crippen molar-refractivity contribution in [2.75, 3.05) is 19.8 Å². The van der Waals surface area contributed by atoms with E-state index in [0.29, 0.717) is 13.1 Å². The minimum absolute atomic E-state index is 0.198. The van der Waals surface area contributed by atoms with Gasteiger partial charge in [0, 0.05) is 6.42 Å². The summed E-state index contributed by atoms with van der Waals surface area (Å²) in [4.78, 5) is 13.7. The van der Waals surface area contributed by atoms with Crippen LogP contribution >= 0.6 is 0 Å². The monoisotopic (exact) mass is 228 g/mol. The van der Waals surface area contributed by atoms with E-state index in [1.165, 1.54) is 25.7 Å². The summed E-state index contributed by atoms with van der Waals surface area (Å²) in [5.41, 5.74) is 0. The summed E-state index contributed by atoms with van der Waals surface area (Å²) >= 11 is 0. The van der Waals surface area contributed by atoms with Gasteiger partial charge in [0.2, 0.25) is 5.91 Å². The van der Waals surface area contributed by atoms with Crippen LogP contribution in [0.2, 0.25) is 0 Å². The molecule has 0 aromatic rings. The van der Waals surface area contributed by atoms with E-state index in [2.05, 4.69) is 31.0 Å². The summed E-state index contributed by atoms with van der Waals surface area (Å²) in [5, 5.41) is 2.96. The molecule has 0 rings (SSSR count). The SMILES string of the molecule is CCCCCCCC(=O)NCN(CC)CC. The van der Waals surface area contributed by atoms with E-state index in [0.717, 1.165) is 19.5 Å². The third kappa shape index (κ3) is 8.72. The van der Waals surface area contributed by atoms with Gasteiger partial charge in [0.25, 0.3) is 0 Å².